The van der Waals surface area contributed by atoms with E-state index in [0.717, 1.165) is 30.5 Å². The van der Waals surface area contributed by atoms with Crippen molar-refractivity contribution < 1.29 is 4.79 Å². The van der Waals surface area contributed by atoms with Crippen LogP contribution in [-0.4, -0.2) is 40.9 Å². The second kappa shape index (κ2) is 6.85. The number of nitrogens with two attached hydrogens (primary N) is 1. The maximum absolute atomic E-state index is 11.9. The molecule has 0 unspecified atom stereocenters. The van der Waals surface area contributed by atoms with E-state index in [4.69, 9.17) is 18.0 Å². The summed E-state index contributed by atoms with van der Waals surface area (Å²) in [6.45, 7) is 2.82. The van der Waals surface area contributed by atoms with Gasteiger partial charge in [0.2, 0.25) is 5.91 Å². The molecule has 0 fully saturated rings. The fraction of sp³-hybridized carbons (Fsp3) is 0.533. The van der Waals surface area contributed by atoms with E-state index in [9.17, 15) is 4.79 Å². The van der Waals surface area contributed by atoms with Crippen molar-refractivity contribution in [3.8, 4) is 0 Å². The Labute approximate surface area is 130 Å². The van der Waals surface area contributed by atoms with Gasteiger partial charge in [0.25, 0.3) is 0 Å². The number of carbonyl (C=O) groups is 1. The van der Waals surface area contributed by atoms with Crippen LogP contribution in [0.4, 0.5) is 5.82 Å². The highest BCUT2D eigenvalue weighted by Crippen LogP contribution is 2.24. The zero-order chi connectivity index (χ0) is 15.4. The maximum Gasteiger partial charge on any atom is 0.241 e. The lowest BCUT2D eigenvalue weighted by Crippen LogP contribution is -2.32. The van der Waals surface area contributed by atoms with Crippen LogP contribution in [0.25, 0.3) is 0 Å². The van der Waals surface area contributed by atoms with Crippen LogP contribution >= 0.6 is 12.2 Å². The van der Waals surface area contributed by atoms with Gasteiger partial charge in [-0.25, -0.2) is 4.98 Å². The monoisotopic (exact) mass is 306 g/mol. The van der Waals surface area contributed by atoms with Crippen LogP contribution in [0, 0.1) is 0 Å². The first-order chi connectivity index (χ1) is 10.0. The summed E-state index contributed by atoms with van der Waals surface area (Å²) in [5.41, 5.74) is 8.86. The minimum atomic E-state index is 0.0194. The lowest BCUT2D eigenvalue weighted by Gasteiger charge is -2.20. The number of nitrogens with zero attached hydrogens (tertiary/aromatic N) is 2. The van der Waals surface area contributed by atoms with Gasteiger partial charge in [0, 0.05) is 19.3 Å². The molecule has 0 aromatic carbocycles. The third-order valence-electron chi connectivity index (χ3n) is 3.87. The number of fused-ring (bicyclic) bond motifs is 1. The molecule has 0 bridgehead atoms. The highest BCUT2D eigenvalue weighted by atomic mass is 32.1. The van der Waals surface area contributed by atoms with Gasteiger partial charge < -0.3 is 16.0 Å². The van der Waals surface area contributed by atoms with Crippen molar-refractivity contribution in [2.45, 2.75) is 32.6 Å². The summed E-state index contributed by atoms with van der Waals surface area (Å²) in [4.78, 5) is 18.5. The van der Waals surface area contributed by atoms with E-state index in [-0.39, 0.29) is 12.5 Å². The number of amides is 1. The number of carbonyl (C=O) groups excluding carboxylic acids is 1. The number of anilines is 1. The van der Waals surface area contributed by atoms with Gasteiger partial charge in [-0.3, -0.25) is 4.79 Å². The van der Waals surface area contributed by atoms with E-state index < -0.39 is 0 Å². The van der Waals surface area contributed by atoms with Gasteiger partial charge in [0.05, 0.1) is 12.1 Å². The average molecular weight is 306 g/mol. The molecule has 2 rings (SSSR count). The molecule has 114 valence electrons. The van der Waals surface area contributed by atoms with Gasteiger partial charge in [-0.05, 0) is 44.2 Å². The Bertz CT molecular complexity index is 559. The van der Waals surface area contributed by atoms with Gasteiger partial charge in [-0.2, -0.15) is 0 Å². The van der Waals surface area contributed by atoms with Gasteiger partial charge >= 0.3 is 0 Å². The molecule has 1 amide bonds. The maximum atomic E-state index is 11.9. The molecule has 0 saturated carbocycles. The average Bonchev–Trinajstić information content (AvgIpc) is 2.50. The molecular formula is C15H22N4OS. The summed E-state index contributed by atoms with van der Waals surface area (Å²) in [6, 6.07) is 2.03. The molecule has 3 N–H and O–H groups in total. The number of aromatic nitrogens is 1. The van der Waals surface area contributed by atoms with E-state index in [1.54, 1.807) is 11.9 Å². The number of likely N-dealkylation sites (N-methyl/N-ethyl adjacent to an activating group) is 1. The van der Waals surface area contributed by atoms with Crippen LogP contribution in [0.2, 0.25) is 0 Å². The number of hydrogen-bond acceptors (Lipinski definition) is 4. The highest BCUT2D eigenvalue weighted by molar-refractivity contribution is 7.80. The predicted molar refractivity (Wildman–Crippen MR) is 88.6 cm³/mol. The molecule has 0 radical (unpaired) electrons. The molecule has 0 atom stereocenters. The molecule has 1 aromatic heterocycles. The number of nitrogens with one attached hydrogen (secondary N) is 1. The zero-order valence-electron chi connectivity index (χ0n) is 12.6. The minimum absolute atomic E-state index is 0.0194. The first-order valence-corrected chi connectivity index (χ1v) is 7.74. The van der Waals surface area contributed by atoms with E-state index >= 15 is 0 Å². The van der Waals surface area contributed by atoms with Crippen molar-refractivity contribution in [3.05, 3.63) is 22.9 Å². The summed E-state index contributed by atoms with van der Waals surface area (Å²) in [5, 5.41) is 3.09. The van der Waals surface area contributed by atoms with E-state index in [1.165, 1.54) is 12.0 Å². The summed E-state index contributed by atoms with van der Waals surface area (Å²) < 4.78 is 0. The van der Waals surface area contributed by atoms with Crippen molar-refractivity contribution >= 4 is 28.9 Å². The lowest BCUT2D eigenvalue weighted by atomic mass is 9.94. The fourth-order valence-electron chi connectivity index (χ4n) is 2.43. The molecular weight excluding hydrogens is 284 g/mol. The lowest BCUT2D eigenvalue weighted by molar-refractivity contribution is -0.127. The van der Waals surface area contributed by atoms with Gasteiger partial charge in [-0.1, -0.05) is 12.2 Å². The molecule has 1 aliphatic rings. The van der Waals surface area contributed by atoms with Crippen molar-refractivity contribution in [1.82, 2.24) is 9.88 Å². The molecule has 0 aliphatic heterocycles. The fourth-order valence-corrected chi connectivity index (χ4v) is 2.58. The van der Waals surface area contributed by atoms with E-state index in [1.807, 2.05) is 13.0 Å². The summed E-state index contributed by atoms with van der Waals surface area (Å²) in [7, 11) is 1.78. The number of rotatable bonds is 5. The van der Waals surface area contributed by atoms with Crippen molar-refractivity contribution in [2.24, 2.45) is 5.73 Å². The number of pyridine rings is 1. The molecule has 1 aliphatic carbocycles. The summed E-state index contributed by atoms with van der Waals surface area (Å²) in [6.07, 6.45) is 4.33. The largest absolute Gasteiger partial charge is 0.389 e. The van der Waals surface area contributed by atoms with Gasteiger partial charge in [0.1, 0.15) is 10.8 Å². The first-order valence-electron chi connectivity index (χ1n) is 7.33. The molecule has 1 aromatic rings. The third-order valence-corrected chi connectivity index (χ3v) is 4.09. The third kappa shape index (κ3) is 3.69. The van der Waals surface area contributed by atoms with Crippen LogP contribution in [0.1, 0.15) is 36.6 Å². The summed E-state index contributed by atoms with van der Waals surface area (Å²) in [5.74, 6) is 0.645. The Morgan fingerprint density at radius 2 is 2.19 bits per heavy atom. The quantitative estimate of drug-likeness (QED) is 0.806. The van der Waals surface area contributed by atoms with Crippen molar-refractivity contribution in [1.29, 1.82) is 0 Å². The molecule has 0 saturated heterocycles. The number of aryl methyl sites for hydroxylation is 2. The normalized spacial score (nSPS) is 13.4. The van der Waals surface area contributed by atoms with Crippen LogP contribution in [-0.2, 0) is 17.6 Å². The first kappa shape index (κ1) is 15.7. The highest BCUT2D eigenvalue weighted by Gasteiger charge is 2.17. The molecule has 6 heteroatoms. The molecule has 21 heavy (non-hydrogen) atoms. The minimum Gasteiger partial charge on any atom is -0.389 e. The van der Waals surface area contributed by atoms with Crippen LogP contribution in [0.15, 0.2) is 6.07 Å². The summed E-state index contributed by atoms with van der Waals surface area (Å²) >= 11 is 5.11. The Balaban J connectivity index is 2.21. The SMILES string of the molecule is CCN(C)C(=O)CNc1nc2c(cc1C(N)=S)CCCC2. The van der Waals surface area contributed by atoms with E-state index in [2.05, 4.69) is 10.3 Å². The van der Waals surface area contributed by atoms with Crippen molar-refractivity contribution in [3.63, 3.8) is 0 Å². The Morgan fingerprint density at radius 1 is 1.48 bits per heavy atom. The predicted octanol–water partition coefficient (Wildman–Crippen LogP) is 1.48. The topological polar surface area (TPSA) is 71.2 Å². The molecule has 0 spiro atoms. The van der Waals surface area contributed by atoms with Crippen LogP contribution in [0.3, 0.4) is 0 Å². The van der Waals surface area contributed by atoms with Crippen molar-refractivity contribution in [2.75, 3.05) is 25.5 Å². The smallest absolute Gasteiger partial charge is 0.241 e. The number of thiocarbonyl (C=S) groups is 1. The van der Waals surface area contributed by atoms with Gasteiger partial charge in [0.15, 0.2) is 0 Å². The Morgan fingerprint density at radius 3 is 2.86 bits per heavy atom. The van der Waals surface area contributed by atoms with E-state index in [0.29, 0.717) is 17.4 Å². The standard InChI is InChI=1S/C15H22N4OS/c1-3-19(2)13(20)9-17-15-11(14(16)21)8-10-6-4-5-7-12(10)18-15/h8H,3-7,9H2,1-2H3,(H2,16,21)(H,17,18). The molecule has 5 nitrogen and oxygen atoms in total. The second-order valence-corrected chi connectivity index (χ2v) is 5.76. The van der Waals surface area contributed by atoms with Gasteiger partial charge in [-0.15, -0.1) is 0 Å². The Kier molecular flexibility index (Phi) is 5.12. The van der Waals surface area contributed by atoms with Crippen LogP contribution < -0.4 is 11.1 Å². The Hall–Kier alpha value is -1.69. The van der Waals surface area contributed by atoms with Crippen LogP contribution in [0.5, 0.6) is 0 Å². The zero-order valence-corrected chi connectivity index (χ0v) is 13.4. The second-order valence-electron chi connectivity index (χ2n) is 5.32. The molecule has 1 heterocycles. The number of hydrogen-bond donors (Lipinski definition) is 2.